The van der Waals surface area contributed by atoms with Gasteiger partial charge in [-0.1, -0.05) is 42.5 Å². The van der Waals surface area contributed by atoms with E-state index < -0.39 is 0 Å². The molecular formula is C18H15N3O2. The quantitative estimate of drug-likeness (QED) is 0.680. The Balaban J connectivity index is 1.88. The Kier molecular flexibility index (Phi) is 3.12. The maximum absolute atomic E-state index is 12.0. The average Bonchev–Trinajstić information content (AvgIpc) is 2.98. The lowest BCUT2D eigenvalue weighted by Gasteiger charge is -2.23. The number of carbonyl (C=O) groups excluding carboxylic acids is 1. The Hall–Kier alpha value is -3.08. The van der Waals surface area contributed by atoms with E-state index in [2.05, 4.69) is 15.5 Å². The van der Waals surface area contributed by atoms with Crippen molar-refractivity contribution in [1.82, 2.24) is 10.2 Å². The van der Waals surface area contributed by atoms with Crippen LogP contribution in [0.3, 0.4) is 0 Å². The summed E-state index contributed by atoms with van der Waals surface area (Å²) in [6, 6.07) is 16.9. The molecule has 0 spiro atoms. The smallest absolute Gasteiger partial charge is 0.226 e. The molecule has 23 heavy (non-hydrogen) atoms. The minimum Gasteiger partial charge on any atom is -0.508 e. The van der Waals surface area contributed by atoms with Crippen LogP contribution in [-0.2, 0) is 4.79 Å². The summed E-state index contributed by atoms with van der Waals surface area (Å²) in [5.74, 6) is 0.546. The first-order valence-electron chi connectivity index (χ1n) is 7.45. The van der Waals surface area contributed by atoms with Gasteiger partial charge in [0, 0.05) is 17.9 Å². The molecule has 1 unspecified atom stereocenters. The number of nitrogens with one attached hydrogen (secondary N) is 2. The van der Waals surface area contributed by atoms with Crippen molar-refractivity contribution in [3.8, 4) is 17.0 Å². The molecule has 4 rings (SSSR count). The van der Waals surface area contributed by atoms with E-state index in [1.807, 2.05) is 36.4 Å². The number of aromatic hydroxyl groups is 1. The van der Waals surface area contributed by atoms with Crippen LogP contribution in [0.2, 0.25) is 0 Å². The van der Waals surface area contributed by atoms with Crippen molar-refractivity contribution in [2.45, 2.75) is 12.3 Å². The highest BCUT2D eigenvalue weighted by Gasteiger charge is 2.32. The fourth-order valence-electron chi connectivity index (χ4n) is 3.11. The monoisotopic (exact) mass is 305 g/mol. The molecule has 1 aliphatic rings. The lowest BCUT2D eigenvalue weighted by atomic mass is 9.84. The molecule has 3 aromatic rings. The van der Waals surface area contributed by atoms with E-state index in [0.29, 0.717) is 12.2 Å². The van der Waals surface area contributed by atoms with Gasteiger partial charge in [-0.25, -0.2) is 0 Å². The second-order valence-electron chi connectivity index (χ2n) is 5.63. The molecule has 0 aliphatic carbocycles. The van der Waals surface area contributed by atoms with Crippen LogP contribution in [-0.4, -0.2) is 21.2 Å². The molecule has 1 aromatic heterocycles. The van der Waals surface area contributed by atoms with Gasteiger partial charge in [0.1, 0.15) is 5.75 Å². The van der Waals surface area contributed by atoms with E-state index in [-0.39, 0.29) is 17.6 Å². The Morgan fingerprint density at radius 1 is 1.09 bits per heavy atom. The summed E-state index contributed by atoms with van der Waals surface area (Å²) in [4.78, 5) is 12.0. The van der Waals surface area contributed by atoms with E-state index in [0.717, 1.165) is 22.4 Å². The number of H-pyrrole nitrogens is 1. The highest BCUT2D eigenvalue weighted by molar-refractivity contribution is 5.96. The molecule has 5 heteroatoms. The summed E-state index contributed by atoms with van der Waals surface area (Å²) in [7, 11) is 0. The minimum absolute atomic E-state index is 0.0723. The van der Waals surface area contributed by atoms with Gasteiger partial charge in [0.2, 0.25) is 5.91 Å². The first kappa shape index (κ1) is 13.6. The van der Waals surface area contributed by atoms with Crippen LogP contribution in [0.5, 0.6) is 5.75 Å². The zero-order valence-electron chi connectivity index (χ0n) is 12.3. The minimum atomic E-state index is -0.139. The van der Waals surface area contributed by atoms with Gasteiger partial charge in [0.05, 0.1) is 5.69 Å². The fourth-order valence-corrected chi connectivity index (χ4v) is 3.11. The molecule has 2 aromatic carbocycles. The molecule has 0 bridgehead atoms. The summed E-state index contributed by atoms with van der Waals surface area (Å²) in [6.45, 7) is 0. The van der Waals surface area contributed by atoms with Crippen molar-refractivity contribution in [2.24, 2.45) is 0 Å². The average molecular weight is 305 g/mol. The van der Waals surface area contributed by atoms with Gasteiger partial charge in [-0.3, -0.25) is 9.89 Å². The summed E-state index contributed by atoms with van der Waals surface area (Å²) in [5.41, 5.74) is 3.78. The van der Waals surface area contributed by atoms with E-state index in [9.17, 15) is 9.90 Å². The van der Waals surface area contributed by atoms with E-state index in [1.165, 1.54) is 0 Å². The fraction of sp³-hybridized carbons (Fsp3) is 0.111. The first-order valence-corrected chi connectivity index (χ1v) is 7.45. The van der Waals surface area contributed by atoms with Crippen molar-refractivity contribution in [2.75, 3.05) is 5.32 Å². The normalized spacial score (nSPS) is 16.7. The number of carbonyl (C=O) groups is 1. The van der Waals surface area contributed by atoms with Crippen LogP contribution in [0.25, 0.3) is 11.3 Å². The third-order valence-corrected chi connectivity index (χ3v) is 4.13. The first-order chi connectivity index (χ1) is 11.2. The Morgan fingerprint density at radius 2 is 1.91 bits per heavy atom. The zero-order valence-corrected chi connectivity index (χ0v) is 12.3. The number of hydrogen-bond acceptors (Lipinski definition) is 3. The predicted molar refractivity (Wildman–Crippen MR) is 87.2 cm³/mol. The van der Waals surface area contributed by atoms with Gasteiger partial charge in [0.15, 0.2) is 5.82 Å². The number of phenolic OH excluding ortho intramolecular Hbond substituents is 1. The van der Waals surface area contributed by atoms with Crippen molar-refractivity contribution < 1.29 is 9.90 Å². The van der Waals surface area contributed by atoms with Crippen molar-refractivity contribution in [3.05, 3.63) is 65.7 Å². The maximum Gasteiger partial charge on any atom is 0.226 e. The lowest BCUT2D eigenvalue weighted by Crippen LogP contribution is -2.23. The second kappa shape index (κ2) is 5.28. The molecular weight excluding hydrogens is 290 g/mol. The molecule has 1 aliphatic heterocycles. The SMILES string of the molecule is O=C1CC(c2cccc(O)c2)c2c(n[nH]c2-c2ccccc2)N1. The number of rotatable bonds is 2. The van der Waals surface area contributed by atoms with Crippen LogP contribution < -0.4 is 5.32 Å². The van der Waals surface area contributed by atoms with Gasteiger partial charge >= 0.3 is 0 Å². The van der Waals surface area contributed by atoms with Gasteiger partial charge in [-0.2, -0.15) is 5.10 Å². The topological polar surface area (TPSA) is 78.0 Å². The van der Waals surface area contributed by atoms with Crippen LogP contribution in [0.15, 0.2) is 54.6 Å². The Labute approximate surface area is 133 Å². The van der Waals surface area contributed by atoms with Gasteiger partial charge < -0.3 is 10.4 Å². The molecule has 3 N–H and O–H groups in total. The standard InChI is InChI=1S/C18H15N3O2/c22-13-8-4-7-12(9-13)14-10-15(23)19-18-16(14)17(20-21-18)11-5-2-1-3-6-11/h1-9,14,22H,10H2,(H2,19,20,21,23). The van der Waals surface area contributed by atoms with Crippen LogP contribution in [0.1, 0.15) is 23.5 Å². The molecule has 5 nitrogen and oxygen atoms in total. The third-order valence-electron chi connectivity index (χ3n) is 4.13. The van der Waals surface area contributed by atoms with Crippen molar-refractivity contribution in [3.63, 3.8) is 0 Å². The second-order valence-corrected chi connectivity index (χ2v) is 5.63. The summed E-state index contributed by atoms with van der Waals surface area (Å²) >= 11 is 0. The number of hydrogen-bond donors (Lipinski definition) is 3. The van der Waals surface area contributed by atoms with E-state index in [4.69, 9.17) is 0 Å². The summed E-state index contributed by atoms with van der Waals surface area (Å²) in [6.07, 6.45) is 0.329. The van der Waals surface area contributed by atoms with E-state index >= 15 is 0 Å². The van der Waals surface area contributed by atoms with Gasteiger partial charge in [-0.15, -0.1) is 0 Å². The number of anilines is 1. The van der Waals surface area contributed by atoms with Crippen molar-refractivity contribution >= 4 is 11.7 Å². The molecule has 1 atom stereocenters. The Morgan fingerprint density at radius 3 is 2.70 bits per heavy atom. The molecule has 1 amide bonds. The van der Waals surface area contributed by atoms with Gasteiger partial charge in [0.25, 0.3) is 0 Å². The number of nitrogens with zero attached hydrogens (tertiary/aromatic N) is 1. The number of fused-ring (bicyclic) bond motifs is 1. The number of phenols is 1. The molecule has 114 valence electrons. The van der Waals surface area contributed by atoms with E-state index in [1.54, 1.807) is 18.2 Å². The van der Waals surface area contributed by atoms with Crippen molar-refractivity contribution in [1.29, 1.82) is 0 Å². The molecule has 2 heterocycles. The molecule has 0 saturated carbocycles. The number of aromatic nitrogens is 2. The predicted octanol–water partition coefficient (Wildman–Crippen LogP) is 3.26. The number of aromatic amines is 1. The maximum atomic E-state index is 12.0. The Bertz CT molecular complexity index is 871. The highest BCUT2D eigenvalue weighted by Crippen LogP contribution is 2.42. The molecule has 0 saturated heterocycles. The molecule has 0 radical (unpaired) electrons. The highest BCUT2D eigenvalue weighted by atomic mass is 16.3. The van der Waals surface area contributed by atoms with Crippen LogP contribution in [0.4, 0.5) is 5.82 Å². The summed E-state index contributed by atoms with van der Waals surface area (Å²) in [5, 5.41) is 19.9. The summed E-state index contributed by atoms with van der Waals surface area (Å²) < 4.78 is 0. The van der Waals surface area contributed by atoms with Crippen LogP contribution in [0, 0.1) is 0 Å². The molecule has 0 fully saturated rings. The van der Waals surface area contributed by atoms with Gasteiger partial charge in [-0.05, 0) is 23.3 Å². The number of benzene rings is 2. The lowest BCUT2D eigenvalue weighted by molar-refractivity contribution is -0.116. The van der Waals surface area contributed by atoms with Crippen LogP contribution >= 0.6 is 0 Å². The number of amides is 1. The zero-order chi connectivity index (χ0) is 15.8. The third kappa shape index (κ3) is 2.36. The largest absolute Gasteiger partial charge is 0.508 e.